The average Bonchev–Trinajstić information content (AvgIpc) is 2.64. The molecule has 0 aliphatic heterocycles. The standard InChI is InChI=1S/C22H30N4O2/c1-5-26(6-2)20-10-11-21(16(3)14-20)23-13-12-22(28)25-19-9-7-8-18(15-19)24-17(4)27/h7-11,14-15,23H,5-6,12-13H2,1-4H3,(H,24,27)(H,25,28). The fraction of sp³-hybridized carbons (Fsp3) is 0.364. The molecule has 0 aliphatic rings. The number of aryl methyl sites for hydroxylation is 1. The molecule has 0 bridgehead atoms. The highest BCUT2D eigenvalue weighted by Gasteiger charge is 2.07. The van der Waals surface area contributed by atoms with Crippen LogP contribution in [0.4, 0.5) is 22.7 Å². The molecule has 2 amide bonds. The van der Waals surface area contributed by atoms with Crippen molar-refractivity contribution in [1.29, 1.82) is 0 Å². The van der Waals surface area contributed by atoms with Gasteiger partial charge in [0.25, 0.3) is 0 Å². The maximum Gasteiger partial charge on any atom is 0.226 e. The normalized spacial score (nSPS) is 10.3. The van der Waals surface area contributed by atoms with Crippen molar-refractivity contribution in [3.05, 3.63) is 48.0 Å². The molecule has 0 radical (unpaired) electrons. The van der Waals surface area contributed by atoms with Gasteiger partial charge in [0, 0.05) is 55.7 Å². The topological polar surface area (TPSA) is 73.5 Å². The second-order valence-corrected chi connectivity index (χ2v) is 6.66. The van der Waals surface area contributed by atoms with Crippen LogP contribution in [0, 0.1) is 6.92 Å². The molecule has 6 heteroatoms. The lowest BCUT2D eigenvalue weighted by Crippen LogP contribution is -2.22. The Balaban J connectivity index is 1.86. The largest absolute Gasteiger partial charge is 0.384 e. The van der Waals surface area contributed by atoms with Gasteiger partial charge in [0.05, 0.1) is 0 Å². The van der Waals surface area contributed by atoms with Crippen molar-refractivity contribution in [2.24, 2.45) is 0 Å². The van der Waals surface area contributed by atoms with Crippen LogP contribution in [-0.4, -0.2) is 31.4 Å². The molecule has 150 valence electrons. The molecule has 0 aliphatic carbocycles. The van der Waals surface area contributed by atoms with Gasteiger partial charge in [-0.1, -0.05) is 6.07 Å². The summed E-state index contributed by atoms with van der Waals surface area (Å²) < 4.78 is 0. The molecule has 0 saturated heterocycles. The van der Waals surface area contributed by atoms with Crippen molar-refractivity contribution in [3.63, 3.8) is 0 Å². The number of carbonyl (C=O) groups excluding carboxylic acids is 2. The molecule has 0 unspecified atom stereocenters. The summed E-state index contributed by atoms with van der Waals surface area (Å²) in [4.78, 5) is 25.6. The van der Waals surface area contributed by atoms with Gasteiger partial charge in [-0.15, -0.1) is 0 Å². The number of rotatable bonds is 9. The van der Waals surface area contributed by atoms with Gasteiger partial charge in [-0.25, -0.2) is 0 Å². The van der Waals surface area contributed by atoms with Crippen LogP contribution in [0.15, 0.2) is 42.5 Å². The zero-order chi connectivity index (χ0) is 20.5. The summed E-state index contributed by atoms with van der Waals surface area (Å²) in [6, 6.07) is 13.5. The van der Waals surface area contributed by atoms with Crippen LogP contribution in [0.1, 0.15) is 32.8 Å². The second kappa shape index (κ2) is 10.3. The smallest absolute Gasteiger partial charge is 0.226 e. The highest BCUT2D eigenvalue weighted by Crippen LogP contribution is 2.22. The van der Waals surface area contributed by atoms with Crippen LogP contribution < -0.4 is 20.9 Å². The first-order valence-corrected chi connectivity index (χ1v) is 9.70. The Labute approximate surface area is 167 Å². The van der Waals surface area contributed by atoms with Crippen LogP contribution in [0.5, 0.6) is 0 Å². The van der Waals surface area contributed by atoms with Crippen LogP contribution in [-0.2, 0) is 9.59 Å². The van der Waals surface area contributed by atoms with E-state index in [1.165, 1.54) is 12.6 Å². The number of benzene rings is 2. The lowest BCUT2D eigenvalue weighted by molar-refractivity contribution is -0.116. The lowest BCUT2D eigenvalue weighted by Gasteiger charge is -2.22. The lowest BCUT2D eigenvalue weighted by atomic mass is 10.1. The molecule has 2 aromatic carbocycles. The van der Waals surface area contributed by atoms with Gasteiger partial charge in [-0.2, -0.15) is 0 Å². The van der Waals surface area contributed by atoms with E-state index in [0.29, 0.717) is 24.3 Å². The highest BCUT2D eigenvalue weighted by molar-refractivity contribution is 5.93. The Morgan fingerprint density at radius 3 is 2.25 bits per heavy atom. The number of hydrogen-bond donors (Lipinski definition) is 3. The van der Waals surface area contributed by atoms with Crippen molar-refractivity contribution in [1.82, 2.24) is 0 Å². The molecule has 6 nitrogen and oxygen atoms in total. The SMILES string of the molecule is CCN(CC)c1ccc(NCCC(=O)Nc2cccc(NC(C)=O)c2)c(C)c1. The third kappa shape index (κ3) is 6.30. The van der Waals surface area contributed by atoms with E-state index in [4.69, 9.17) is 0 Å². The zero-order valence-corrected chi connectivity index (χ0v) is 17.1. The Hall–Kier alpha value is -3.02. The first-order valence-electron chi connectivity index (χ1n) is 9.70. The Morgan fingerprint density at radius 2 is 1.64 bits per heavy atom. The molecule has 0 spiro atoms. The van der Waals surface area contributed by atoms with Gasteiger partial charge >= 0.3 is 0 Å². The second-order valence-electron chi connectivity index (χ2n) is 6.66. The molecule has 2 aromatic rings. The van der Waals surface area contributed by atoms with E-state index >= 15 is 0 Å². The summed E-state index contributed by atoms with van der Waals surface area (Å²) in [5.41, 5.74) is 4.73. The van der Waals surface area contributed by atoms with Gasteiger partial charge in [-0.05, 0) is 62.7 Å². The van der Waals surface area contributed by atoms with E-state index in [0.717, 1.165) is 24.3 Å². The van der Waals surface area contributed by atoms with Crippen molar-refractivity contribution in [3.8, 4) is 0 Å². The van der Waals surface area contributed by atoms with Gasteiger partial charge < -0.3 is 20.9 Å². The summed E-state index contributed by atoms with van der Waals surface area (Å²) >= 11 is 0. The number of amides is 2. The van der Waals surface area contributed by atoms with Gasteiger partial charge in [0.15, 0.2) is 0 Å². The summed E-state index contributed by atoms with van der Waals surface area (Å²) in [6.07, 6.45) is 0.349. The minimum atomic E-state index is -0.143. The zero-order valence-electron chi connectivity index (χ0n) is 17.1. The monoisotopic (exact) mass is 382 g/mol. The fourth-order valence-corrected chi connectivity index (χ4v) is 3.04. The quantitative estimate of drug-likeness (QED) is 0.606. The van der Waals surface area contributed by atoms with E-state index in [-0.39, 0.29) is 11.8 Å². The van der Waals surface area contributed by atoms with E-state index in [1.807, 2.05) is 0 Å². The molecular weight excluding hydrogens is 352 g/mol. The Bertz CT molecular complexity index is 816. The predicted molar refractivity (Wildman–Crippen MR) is 117 cm³/mol. The van der Waals surface area contributed by atoms with Crippen LogP contribution >= 0.6 is 0 Å². The van der Waals surface area contributed by atoms with Crippen molar-refractivity contribution in [2.45, 2.75) is 34.1 Å². The molecule has 0 saturated carbocycles. The molecule has 0 atom stereocenters. The summed E-state index contributed by atoms with van der Waals surface area (Å²) in [5.74, 6) is -0.222. The van der Waals surface area contributed by atoms with Crippen LogP contribution in [0.2, 0.25) is 0 Å². The molecule has 28 heavy (non-hydrogen) atoms. The highest BCUT2D eigenvalue weighted by atomic mass is 16.2. The van der Waals surface area contributed by atoms with E-state index in [9.17, 15) is 9.59 Å². The van der Waals surface area contributed by atoms with Crippen LogP contribution in [0.25, 0.3) is 0 Å². The molecule has 2 rings (SSSR count). The third-order valence-corrected chi connectivity index (χ3v) is 4.47. The van der Waals surface area contributed by atoms with Gasteiger partial charge in [0.2, 0.25) is 11.8 Å². The van der Waals surface area contributed by atoms with Crippen molar-refractivity contribution < 1.29 is 9.59 Å². The minimum absolute atomic E-state index is 0.0788. The summed E-state index contributed by atoms with van der Waals surface area (Å²) in [7, 11) is 0. The van der Waals surface area contributed by atoms with E-state index in [2.05, 4.69) is 59.8 Å². The van der Waals surface area contributed by atoms with Gasteiger partial charge in [0.1, 0.15) is 0 Å². The average molecular weight is 383 g/mol. The number of nitrogens with one attached hydrogen (secondary N) is 3. The molecular formula is C22H30N4O2. The van der Waals surface area contributed by atoms with Crippen molar-refractivity contribution in [2.75, 3.05) is 40.5 Å². The first kappa shape index (κ1) is 21.3. The predicted octanol–water partition coefficient (Wildman–Crippen LogP) is 4.24. The number of nitrogens with zero attached hydrogens (tertiary/aromatic N) is 1. The molecule has 0 heterocycles. The summed E-state index contributed by atoms with van der Waals surface area (Å²) in [5, 5.41) is 8.90. The number of hydrogen-bond acceptors (Lipinski definition) is 4. The van der Waals surface area contributed by atoms with E-state index in [1.54, 1.807) is 24.3 Å². The number of anilines is 4. The van der Waals surface area contributed by atoms with Crippen molar-refractivity contribution >= 4 is 34.6 Å². The molecule has 3 N–H and O–H groups in total. The van der Waals surface area contributed by atoms with Crippen LogP contribution in [0.3, 0.4) is 0 Å². The molecule has 0 aromatic heterocycles. The molecule has 0 fully saturated rings. The Kier molecular flexibility index (Phi) is 7.87. The minimum Gasteiger partial charge on any atom is -0.384 e. The van der Waals surface area contributed by atoms with Gasteiger partial charge in [-0.3, -0.25) is 9.59 Å². The third-order valence-electron chi connectivity index (χ3n) is 4.47. The maximum atomic E-state index is 12.2. The first-order chi connectivity index (χ1) is 13.4. The van der Waals surface area contributed by atoms with E-state index < -0.39 is 0 Å². The summed E-state index contributed by atoms with van der Waals surface area (Å²) in [6.45, 7) is 10.3. The fourth-order valence-electron chi connectivity index (χ4n) is 3.04. The number of carbonyl (C=O) groups is 2. The Morgan fingerprint density at radius 1 is 0.964 bits per heavy atom. The maximum absolute atomic E-state index is 12.2.